The number of nitrogens with zero attached hydrogens (tertiary/aromatic N) is 1. The monoisotopic (exact) mass is 468 g/mol. The quantitative estimate of drug-likeness (QED) is 0.551. The van der Waals surface area contributed by atoms with Crippen LogP contribution in [0.4, 0.5) is 5.69 Å². The first-order valence-corrected chi connectivity index (χ1v) is 12.4. The number of carbonyl (C=O) groups excluding carboxylic acids is 1. The van der Waals surface area contributed by atoms with Crippen LogP contribution in [0.1, 0.15) is 35.6 Å². The van der Waals surface area contributed by atoms with Gasteiger partial charge in [0.05, 0.1) is 16.6 Å². The van der Waals surface area contributed by atoms with Crippen molar-refractivity contribution in [2.75, 3.05) is 10.8 Å². The number of hydrogen-bond donors (Lipinski definition) is 1. The Labute approximate surface area is 194 Å². The van der Waals surface area contributed by atoms with Crippen LogP contribution in [0.15, 0.2) is 77.7 Å². The van der Waals surface area contributed by atoms with Crippen LogP contribution in [0.25, 0.3) is 0 Å². The van der Waals surface area contributed by atoms with Crippen molar-refractivity contribution in [2.24, 2.45) is 0 Å². The molecule has 0 aliphatic heterocycles. The fourth-order valence-corrected chi connectivity index (χ4v) is 5.65. The smallest absolute Gasteiger partial charge is 0.264 e. The number of amides is 1. The molecule has 0 fully saturated rings. The van der Waals surface area contributed by atoms with E-state index in [-0.39, 0.29) is 23.4 Å². The number of aryl methyl sites for hydroxylation is 2. The molecule has 166 valence electrons. The van der Waals surface area contributed by atoms with Crippen molar-refractivity contribution in [3.05, 3.63) is 94.5 Å². The van der Waals surface area contributed by atoms with E-state index in [2.05, 4.69) is 11.4 Å². The second-order valence-corrected chi connectivity index (χ2v) is 10.2. The predicted octanol–water partition coefficient (Wildman–Crippen LogP) is 5.04. The highest BCUT2D eigenvalue weighted by atomic mass is 35.5. The van der Waals surface area contributed by atoms with Crippen LogP contribution >= 0.6 is 11.6 Å². The molecule has 0 unspecified atom stereocenters. The lowest BCUT2D eigenvalue weighted by molar-refractivity contribution is -0.120. The lowest BCUT2D eigenvalue weighted by Gasteiger charge is -2.29. The van der Waals surface area contributed by atoms with Crippen molar-refractivity contribution in [1.29, 1.82) is 0 Å². The van der Waals surface area contributed by atoms with E-state index in [9.17, 15) is 13.2 Å². The second-order valence-electron chi connectivity index (χ2n) is 7.97. The predicted molar refractivity (Wildman–Crippen MR) is 127 cm³/mol. The van der Waals surface area contributed by atoms with Crippen LogP contribution in [-0.2, 0) is 21.2 Å². The topological polar surface area (TPSA) is 66.5 Å². The van der Waals surface area contributed by atoms with Gasteiger partial charge in [-0.2, -0.15) is 0 Å². The Bertz CT molecular complexity index is 1230. The zero-order chi connectivity index (χ0) is 22.7. The van der Waals surface area contributed by atoms with Crippen LogP contribution in [0.3, 0.4) is 0 Å². The first-order valence-electron chi connectivity index (χ1n) is 10.6. The van der Waals surface area contributed by atoms with Gasteiger partial charge < -0.3 is 5.32 Å². The number of nitrogens with one attached hydrogen (secondary N) is 1. The Morgan fingerprint density at radius 2 is 1.78 bits per heavy atom. The maximum absolute atomic E-state index is 13.5. The lowest BCUT2D eigenvalue weighted by atomic mass is 9.88. The van der Waals surface area contributed by atoms with Crippen LogP contribution in [0.5, 0.6) is 0 Å². The van der Waals surface area contributed by atoms with E-state index in [1.54, 1.807) is 36.4 Å². The van der Waals surface area contributed by atoms with Gasteiger partial charge in [-0.05, 0) is 67.1 Å². The first-order chi connectivity index (χ1) is 15.4. The standard InChI is InChI=1S/C25H25ClN2O3S/c1-18-14-15-20(16-23(18)26)28(32(30,31)21-10-3-2-4-11-21)17-25(29)27-24-13-7-9-19-8-5-6-12-22(19)24/h2-6,8,10-12,14-16,24H,7,9,13,17H2,1H3,(H,27,29)/t24-/m0/s1. The number of anilines is 1. The van der Waals surface area contributed by atoms with Gasteiger partial charge in [-0.25, -0.2) is 8.42 Å². The van der Waals surface area contributed by atoms with E-state index >= 15 is 0 Å². The van der Waals surface area contributed by atoms with Crippen LogP contribution in [0.2, 0.25) is 5.02 Å². The highest BCUT2D eigenvalue weighted by molar-refractivity contribution is 7.92. The highest BCUT2D eigenvalue weighted by Crippen LogP contribution is 2.31. The molecule has 0 spiro atoms. The van der Waals surface area contributed by atoms with Gasteiger partial charge in [0.25, 0.3) is 10.0 Å². The summed E-state index contributed by atoms with van der Waals surface area (Å²) in [5.41, 5.74) is 3.51. The third kappa shape index (κ3) is 4.66. The van der Waals surface area contributed by atoms with Gasteiger partial charge in [-0.15, -0.1) is 0 Å². The van der Waals surface area contributed by atoms with E-state index < -0.39 is 10.0 Å². The summed E-state index contributed by atoms with van der Waals surface area (Å²) in [5.74, 6) is -0.358. The molecule has 3 aromatic rings. The number of hydrogen-bond acceptors (Lipinski definition) is 3. The summed E-state index contributed by atoms with van der Waals surface area (Å²) in [4.78, 5) is 13.2. The van der Waals surface area contributed by atoms with Gasteiger partial charge in [0.1, 0.15) is 6.54 Å². The molecule has 3 aromatic carbocycles. The Balaban J connectivity index is 1.64. The molecule has 0 bridgehead atoms. The van der Waals surface area contributed by atoms with Gasteiger partial charge in [-0.3, -0.25) is 9.10 Å². The van der Waals surface area contributed by atoms with Gasteiger partial charge >= 0.3 is 0 Å². The van der Waals surface area contributed by atoms with E-state index in [0.717, 1.165) is 34.7 Å². The Morgan fingerprint density at radius 1 is 1.06 bits per heavy atom. The summed E-state index contributed by atoms with van der Waals surface area (Å²) in [6, 6.07) is 21.0. The molecule has 1 N–H and O–H groups in total. The normalized spacial score (nSPS) is 15.6. The van der Waals surface area contributed by atoms with Crippen LogP contribution in [-0.4, -0.2) is 20.9 Å². The minimum atomic E-state index is -3.97. The van der Waals surface area contributed by atoms with Crippen molar-refractivity contribution in [2.45, 2.75) is 37.1 Å². The zero-order valence-electron chi connectivity index (χ0n) is 17.8. The number of carbonyl (C=O) groups is 1. The molecule has 32 heavy (non-hydrogen) atoms. The molecule has 1 aliphatic rings. The SMILES string of the molecule is Cc1ccc(N(CC(=O)N[C@H]2CCCc3ccccc32)S(=O)(=O)c2ccccc2)cc1Cl. The largest absolute Gasteiger partial charge is 0.348 e. The summed E-state index contributed by atoms with van der Waals surface area (Å²) in [6.07, 6.45) is 2.78. The first kappa shape index (κ1) is 22.4. The molecule has 5 nitrogen and oxygen atoms in total. The number of benzene rings is 3. The van der Waals surface area contributed by atoms with Crippen molar-refractivity contribution in [3.63, 3.8) is 0 Å². The Hall–Kier alpha value is -2.83. The maximum atomic E-state index is 13.5. The summed E-state index contributed by atoms with van der Waals surface area (Å²) in [7, 11) is -3.97. The van der Waals surface area contributed by atoms with E-state index in [1.165, 1.54) is 17.7 Å². The molecule has 1 aliphatic carbocycles. The third-order valence-electron chi connectivity index (χ3n) is 5.77. The third-order valence-corrected chi connectivity index (χ3v) is 7.96. The van der Waals surface area contributed by atoms with E-state index in [1.807, 2.05) is 25.1 Å². The number of halogens is 1. The van der Waals surface area contributed by atoms with E-state index in [4.69, 9.17) is 11.6 Å². The van der Waals surface area contributed by atoms with Crippen LogP contribution in [0, 0.1) is 6.92 Å². The minimum absolute atomic E-state index is 0.118. The van der Waals surface area contributed by atoms with Crippen molar-refractivity contribution in [3.8, 4) is 0 Å². The average molecular weight is 469 g/mol. The van der Waals surface area contributed by atoms with Crippen molar-refractivity contribution >= 4 is 33.2 Å². The summed E-state index contributed by atoms with van der Waals surface area (Å²) >= 11 is 6.28. The van der Waals surface area contributed by atoms with E-state index in [0.29, 0.717) is 10.7 Å². The molecule has 1 amide bonds. The van der Waals surface area contributed by atoms with Gasteiger partial charge in [0, 0.05) is 5.02 Å². The number of sulfonamides is 1. The Morgan fingerprint density at radius 3 is 2.53 bits per heavy atom. The Kier molecular flexibility index (Phi) is 6.53. The summed E-state index contributed by atoms with van der Waals surface area (Å²) in [6.45, 7) is 1.50. The average Bonchev–Trinajstić information content (AvgIpc) is 2.80. The molecule has 1 atom stereocenters. The fraction of sp³-hybridized carbons (Fsp3) is 0.240. The molecule has 4 rings (SSSR count). The zero-order valence-corrected chi connectivity index (χ0v) is 19.4. The summed E-state index contributed by atoms with van der Waals surface area (Å²) in [5, 5.41) is 3.49. The van der Waals surface area contributed by atoms with Gasteiger partial charge in [0.2, 0.25) is 5.91 Å². The fourth-order valence-electron chi connectivity index (χ4n) is 4.05. The van der Waals surface area contributed by atoms with Crippen molar-refractivity contribution in [1.82, 2.24) is 5.32 Å². The summed E-state index contributed by atoms with van der Waals surface area (Å²) < 4.78 is 28.0. The second kappa shape index (κ2) is 9.35. The molecular formula is C25H25ClN2O3S. The molecule has 0 saturated carbocycles. The van der Waals surface area contributed by atoms with Gasteiger partial charge in [-0.1, -0.05) is 60.1 Å². The number of rotatable bonds is 6. The minimum Gasteiger partial charge on any atom is -0.348 e. The number of fused-ring (bicyclic) bond motifs is 1. The maximum Gasteiger partial charge on any atom is 0.264 e. The van der Waals surface area contributed by atoms with Gasteiger partial charge in [0.15, 0.2) is 0 Å². The molecule has 0 aromatic heterocycles. The molecular weight excluding hydrogens is 444 g/mol. The highest BCUT2D eigenvalue weighted by Gasteiger charge is 2.29. The lowest BCUT2D eigenvalue weighted by Crippen LogP contribution is -2.42. The molecule has 7 heteroatoms. The molecule has 0 radical (unpaired) electrons. The van der Waals surface area contributed by atoms with Crippen molar-refractivity contribution < 1.29 is 13.2 Å². The van der Waals surface area contributed by atoms with Crippen LogP contribution < -0.4 is 9.62 Å². The molecule has 0 saturated heterocycles. The molecule has 0 heterocycles.